The van der Waals surface area contributed by atoms with E-state index in [1.54, 1.807) is 0 Å². The normalized spacial score (nSPS) is 23.4. The van der Waals surface area contributed by atoms with E-state index in [-0.39, 0.29) is 5.41 Å². The van der Waals surface area contributed by atoms with Crippen molar-refractivity contribution in [3.8, 4) is 0 Å². The lowest BCUT2D eigenvalue weighted by Crippen LogP contribution is -2.50. The van der Waals surface area contributed by atoms with Crippen molar-refractivity contribution >= 4 is 5.91 Å². The SMILES string of the molecule is O=C1N(CCCc2ccccc2)CCCC12CCN(CCc1cn[nH]c1)C2. The van der Waals surface area contributed by atoms with Gasteiger partial charge in [0.05, 0.1) is 11.6 Å². The minimum Gasteiger partial charge on any atom is -0.342 e. The molecule has 3 heterocycles. The third kappa shape index (κ3) is 4.24. The van der Waals surface area contributed by atoms with Crippen LogP contribution in [0.3, 0.4) is 0 Å². The Morgan fingerprint density at radius 1 is 1.04 bits per heavy atom. The van der Waals surface area contributed by atoms with Crippen LogP contribution in [0.2, 0.25) is 0 Å². The molecule has 2 fully saturated rings. The number of hydrogen-bond acceptors (Lipinski definition) is 3. The van der Waals surface area contributed by atoms with Crippen molar-refractivity contribution in [2.24, 2.45) is 5.41 Å². The lowest BCUT2D eigenvalue weighted by molar-refractivity contribution is -0.145. The van der Waals surface area contributed by atoms with Crippen molar-refractivity contribution < 1.29 is 4.79 Å². The van der Waals surface area contributed by atoms with Gasteiger partial charge in [-0.1, -0.05) is 30.3 Å². The van der Waals surface area contributed by atoms with Crippen LogP contribution in [0.25, 0.3) is 0 Å². The molecular formula is C22H30N4O. The number of piperidine rings is 1. The van der Waals surface area contributed by atoms with Gasteiger partial charge in [-0.3, -0.25) is 9.89 Å². The number of benzene rings is 1. The van der Waals surface area contributed by atoms with Gasteiger partial charge in [-0.2, -0.15) is 5.10 Å². The molecule has 2 saturated heterocycles. The largest absolute Gasteiger partial charge is 0.342 e. The van der Waals surface area contributed by atoms with Crippen LogP contribution in [0, 0.1) is 5.41 Å². The molecule has 2 aliphatic rings. The molecule has 144 valence electrons. The van der Waals surface area contributed by atoms with Gasteiger partial charge < -0.3 is 9.80 Å². The Hall–Kier alpha value is -2.14. The smallest absolute Gasteiger partial charge is 0.230 e. The van der Waals surface area contributed by atoms with Gasteiger partial charge in [-0.05, 0) is 56.2 Å². The van der Waals surface area contributed by atoms with Crippen molar-refractivity contribution in [2.75, 3.05) is 32.7 Å². The average molecular weight is 367 g/mol. The Balaban J connectivity index is 1.29. The molecule has 0 bridgehead atoms. The van der Waals surface area contributed by atoms with Gasteiger partial charge in [0, 0.05) is 32.4 Å². The van der Waals surface area contributed by atoms with Crippen LogP contribution in [-0.4, -0.2) is 58.6 Å². The predicted octanol–water partition coefficient (Wildman–Crippen LogP) is 2.90. The van der Waals surface area contributed by atoms with E-state index in [1.807, 2.05) is 12.4 Å². The molecule has 1 unspecified atom stereocenters. The van der Waals surface area contributed by atoms with Gasteiger partial charge in [0.1, 0.15) is 0 Å². The summed E-state index contributed by atoms with van der Waals surface area (Å²) >= 11 is 0. The summed E-state index contributed by atoms with van der Waals surface area (Å²) in [5.74, 6) is 0.410. The molecule has 0 aliphatic carbocycles. The summed E-state index contributed by atoms with van der Waals surface area (Å²) in [7, 11) is 0. The number of nitrogens with zero attached hydrogens (tertiary/aromatic N) is 3. The van der Waals surface area contributed by atoms with Gasteiger partial charge in [0.15, 0.2) is 0 Å². The maximum Gasteiger partial charge on any atom is 0.230 e. The highest BCUT2D eigenvalue weighted by Gasteiger charge is 2.47. The molecule has 0 radical (unpaired) electrons. The monoisotopic (exact) mass is 366 g/mol. The van der Waals surface area contributed by atoms with E-state index in [4.69, 9.17) is 0 Å². The highest BCUT2D eigenvalue weighted by atomic mass is 16.2. The fourth-order valence-corrected chi connectivity index (χ4v) is 4.71. The topological polar surface area (TPSA) is 52.2 Å². The lowest BCUT2D eigenvalue weighted by Gasteiger charge is -2.39. The third-order valence-electron chi connectivity index (χ3n) is 6.26. The number of nitrogens with one attached hydrogen (secondary N) is 1. The van der Waals surface area contributed by atoms with Crippen molar-refractivity contribution in [2.45, 2.75) is 38.5 Å². The van der Waals surface area contributed by atoms with E-state index < -0.39 is 0 Å². The zero-order chi connectivity index (χ0) is 18.5. The molecule has 1 spiro atoms. The van der Waals surface area contributed by atoms with E-state index in [1.165, 1.54) is 11.1 Å². The van der Waals surface area contributed by atoms with Gasteiger partial charge in [-0.15, -0.1) is 0 Å². The van der Waals surface area contributed by atoms with Crippen molar-refractivity contribution in [1.82, 2.24) is 20.0 Å². The zero-order valence-corrected chi connectivity index (χ0v) is 16.1. The number of rotatable bonds is 7. The molecular weight excluding hydrogens is 336 g/mol. The first-order valence-electron chi connectivity index (χ1n) is 10.3. The standard InChI is InChI=1S/C22H30N4O/c27-21-22(11-15-25(18-22)14-9-20-16-23-24-17-20)10-5-13-26(21)12-4-8-19-6-2-1-3-7-19/h1-3,6-7,16-17H,4-5,8-15,18H2,(H,23,24). The van der Waals surface area contributed by atoms with E-state index in [0.717, 1.165) is 71.2 Å². The lowest BCUT2D eigenvalue weighted by atomic mass is 9.78. The molecule has 2 aromatic rings. The highest BCUT2D eigenvalue weighted by Crippen LogP contribution is 2.40. The zero-order valence-electron chi connectivity index (χ0n) is 16.1. The minimum atomic E-state index is -0.124. The number of carbonyl (C=O) groups is 1. The summed E-state index contributed by atoms with van der Waals surface area (Å²) in [6.45, 7) is 4.82. The van der Waals surface area contributed by atoms with Crippen LogP contribution in [0.4, 0.5) is 0 Å². The number of aryl methyl sites for hydroxylation is 1. The summed E-state index contributed by atoms with van der Waals surface area (Å²) in [6.07, 6.45) is 10.2. The van der Waals surface area contributed by atoms with Crippen LogP contribution in [0.1, 0.15) is 36.8 Å². The molecule has 1 aromatic carbocycles. The molecule has 0 saturated carbocycles. The van der Waals surface area contributed by atoms with Gasteiger partial charge in [-0.25, -0.2) is 0 Å². The molecule has 5 heteroatoms. The van der Waals surface area contributed by atoms with Crippen molar-refractivity contribution in [3.63, 3.8) is 0 Å². The number of hydrogen-bond donors (Lipinski definition) is 1. The van der Waals surface area contributed by atoms with Crippen LogP contribution in [-0.2, 0) is 17.6 Å². The first-order chi connectivity index (χ1) is 13.3. The fourth-order valence-electron chi connectivity index (χ4n) is 4.71. The number of carbonyl (C=O) groups excluding carboxylic acids is 1. The maximum atomic E-state index is 13.3. The Morgan fingerprint density at radius 3 is 2.74 bits per heavy atom. The summed E-state index contributed by atoms with van der Waals surface area (Å²) in [5.41, 5.74) is 2.48. The maximum absolute atomic E-state index is 13.3. The molecule has 1 N–H and O–H groups in total. The second-order valence-corrected chi connectivity index (χ2v) is 8.15. The molecule has 27 heavy (non-hydrogen) atoms. The summed E-state index contributed by atoms with van der Waals surface area (Å²) < 4.78 is 0. The molecule has 1 amide bonds. The Morgan fingerprint density at radius 2 is 1.93 bits per heavy atom. The van der Waals surface area contributed by atoms with Crippen LogP contribution in [0.15, 0.2) is 42.7 Å². The first-order valence-corrected chi connectivity index (χ1v) is 10.3. The van der Waals surface area contributed by atoms with Gasteiger partial charge in [0.25, 0.3) is 0 Å². The molecule has 5 nitrogen and oxygen atoms in total. The number of H-pyrrole nitrogens is 1. The minimum absolute atomic E-state index is 0.124. The first kappa shape index (κ1) is 18.2. The number of aromatic amines is 1. The van der Waals surface area contributed by atoms with Crippen molar-refractivity contribution in [1.29, 1.82) is 0 Å². The summed E-state index contributed by atoms with van der Waals surface area (Å²) in [5, 5.41) is 6.90. The van der Waals surface area contributed by atoms with Gasteiger partial charge >= 0.3 is 0 Å². The highest BCUT2D eigenvalue weighted by molar-refractivity contribution is 5.84. The predicted molar refractivity (Wildman–Crippen MR) is 106 cm³/mol. The Kier molecular flexibility index (Phi) is 5.58. The summed E-state index contributed by atoms with van der Waals surface area (Å²) in [4.78, 5) is 17.9. The Bertz CT molecular complexity index is 730. The number of amides is 1. The molecule has 2 aliphatic heterocycles. The fraction of sp³-hybridized carbons (Fsp3) is 0.545. The summed E-state index contributed by atoms with van der Waals surface area (Å²) in [6, 6.07) is 10.6. The number of aromatic nitrogens is 2. The van der Waals surface area contributed by atoms with E-state index in [0.29, 0.717) is 5.91 Å². The molecule has 1 aromatic heterocycles. The quantitative estimate of drug-likeness (QED) is 0.820. The second-order valence-electron chi connectivity index (χ2n) is 8.15. The Labute approximate surface area is 161 Å². The molecule has 4 rings (SSSR count). The second kappa shape index (κ2) is 8.26. The van der Waals surface area contributed by atoms with E-state index in [9.17, 15) is 4.79 Å². The van der Waals surface area contributed by atoms with Crippen molar-refractivity contribution in [3.05, 3.63) is 53.9 Å². The van der Waals surface area contributed by atoms with Gasteiger partial charge in [0.2, 0.25) is 5.91 Å². The van der Waals surface area contributed by atoms with Crippen LogP contribution < -0.4 is 0 Å². The van der Waals surface area contributed by atoms with E-state index in [2.05, 4.69) is 50.3 Å². The number of likely N-dealkylation sites (tertiary alicyclic amines) is 2. The van der Waals surface area contributed by atoms with E-state index >= 15 is 0 Å². The van der Waals surface area contributed by atoms with Crippen LogP contribution >= 0.6 is 0 Å². The third-order valence-corrected chi connectivity index (χ3v) is 6.26. The average Bonchev–Trinajstić information content (AvgIpc) is 3.35. The molecule has 1 atom stereocenters. The van der Waals surface area contributed by atoms with Crippen LogP contribution in [0.5, 0.6) is 0 Å².